The SMILES string of the molecule is Cc1ccc(C(C)NC(=O)C2(N)CCC2)cc1.Cl. The summed E-state index contributed by atoms with van der Waals surface area (Å²) in [6, 6.07) is 8.22. The third-order valence-corrected chi connectivity index (χ3v) is 3.62. The number of amides is 1. The van der Waals surface area contributed by atoms with Crippen molar-refractivity contribution >= 4 is 18.3 Å². The first-order valence-corrected chi connectivity index (χ1v) is 6.18. The fourth-order valence-corrected chi connectivity index (χ4v) is 2.06. The molecule has 0 aliphatic heterocycles. The molecule has 4 heteroatoms. The molecule has 0 aromatic heterocycles. The van der Waals surface area contributed by atoms with Crippen molar-refractivity contribution in [3.8, 4) is 0 Å². The largest absolute Gasteiger partial charge is 0.348 e. The number of nitrogens with one attached hydrogen (secondary N) is 1. The van der Waals surface area contributed by atoms with Crippen molar-refractivity contribution in [2.75, 3.05) is 0 Å². The number of hydrogen-bond donors (Lipinski definition) is 2. The maximum Gasteiger partial charge on any atom is 0.240 e. The Labute approximate surface area is 115 Å². The number of nitrogens with two attached hydrogens (primary N) is 1. The lowest BCUT2D eigenvalue weighted by Gasteiger charge is -2.37. The second-order valence-corrected chi connectivity index (χ2v) is 5.12. The van der Waals surface area contributed by atoms with Crippen molar-refractivity contribution in [2.45, 2.75) is 44.7 Å². The van der Waals surface area contributed by atoms with Crippen LogP contribution in [0.1, 0.15) is 43.4 Å². The molecule has 1 aromatic rings. The van der Waals surface area contributed by atoms with Crippen LogP contribution >= 0.6 is 12.4 Å². The molecule has 1 saturated carbocycles. The van der Waals surface area contributed by atoms with Gasteiger partial charge < -0.3 is 11.1 Å². The molecule has 3 N–H and O–H groups in total. The quantitative estimate of drug-likeness (QED) is 0.885. The zero-order valence-electron chi connectivity index (χ0n) is 10.9. The zero-order chi connectivity index (χ0) is 12.5. The van der Waals surface area contributed by atoms with Crippen LogP contribution in [0.3, 0.4) is 0 Å². The highest BCUT2D eigenvalue weighted by Crippen LogP contribution is 2.29. The van der Waals surface area contributed by atoms with Gasteiger partial charge in [-0.15, -0.1) is 12.4 Å². The lowest BCUT2D eigenvalue weighted by atomic mass is 9.77. The lowest BCUT2D eigenvalue weighted by Crippen LogP contribution is -2.58. The predicted molar refractivity (Wildman–Crippen MR) is 75.8 cm³/mol. The van der Waals surface area contributed by atoms with Crippen LogP contribution in [-0.4, -0.2) is 11.4 Å². The van der Waals surface area contributed by atoms with Crippen molar-refractivity contribution in [2.24, 2.45) is 5.73 Å². The van der Waals surface area contributed by atoms with Crippen LogP contribution in [0.4, 0.5) is 0 Å². The van der Waals surface area contributed by atoms with E-state index in [1.807, 2.05) is 19.1 Å². The van der Waals surface area contributed by atoms with Gasteiger partial charge in [0.15, 0.2) is 0 Å². The van der Waals surface area contributed by atoms with E-state index in [2.05, 4.69) is 24.4 Å². The van der Waals surface area contributed by atoms with E-state index in [-0.39, 0.29) is 24.4 Å². The number of halogens is 1. The molecule has 0 spiro atoms. The molecule has 1 aliphatic carbocycles. The Morgan fingerprint density at radius 1 is 1.33 bits per heavy atom. The molecule has 18 heavy (non-hydrogen) atoms. The standard InChI is InChI=1S/C14H20N2O.ClH/c1-10-4-6-12(7-5-10)11(2)16-13(17)14(15)8-3-9-14;/h4-7,11H,3,8-9,15H2,1-2H3,(H,16,17);1H. The highest BCUT2D eigenvalue weighted by molar-refractivity contribution is 5.87. The average Bonchev–Trinajstić information content (AvgIpc) is 2.26. The average molecular weight is 269 g/mol. The summed E-state index contributed by atoms with van der Waals surface area (Å²) < 4.78 is 0. The van der Waals surface area contributed by atoms with Gasteiger partial charge in [0.1, 0.15) is 0 Å². The van der Waals surface area contributed by atoms with Gasteiger partial charge in [0, 0.05) is 0 Å². The smallest absolute Gasteiger partial charge is 0.240 e. The fraction of sp³-hybridized carbons (Fsp3) is 0.500. The Kier molecular flexibility index (Phi) is 4.77. The van der Waals surface area contributed by atoms with Crippen molar-refractivity contribution in [1.29, 1.82) is 0 Å². The first-order valence-electron chi connectivity index (χ1n) is 6.18. The van der Waals surface area contributed by atoms with Crippen LogP contribution < -0.4 is 11.1 Å². The normalized spacial score (nSPS) is 18.2. The van der Waals surface area contributed by atoms with Crippen molar-refractivity contribution in [3.05, 3.63) is 35.4 Å². The number of rotatable bonds is 3. The summed E-state index contributed by atoms with van der Waals surface area (Å²) in [5.41, 5.74) is 7.71. The molecule has 1 amide bonds. The van der Waals surface area contributed by atoms with E-state index in [1.54, 1.807) is 0 Å². The number of hydrogen-bond acceptors (Lipinski definition) is 2. The van der Waals surface area contributed by atoms with E-state index in [4.69, 9.17) is 5.73 Å². The minimum Gasteiger partial charge on any atom is -0.348 e. The van der Waals surface area contributed by atoms with Gasteiger partial charge in [0.05, 0.1) is 11.6 Å². The highest BCUT2D eigenvalue weighted by Gasteiger charge is 2.40. The van der Waals surface area contributed by atoms with Gasteiger partial charge in [-0.3, -0.25) is 4.79 Å². The minimum absolute atomic E-state index is 0. The highest BCUT2D eigenvalue weighted by atomic mass is 35.5. The molecule has 1 fully saturated rings. The van der Waals surface area contributed by atoms with E-state index in [0.29, 0.717) is 0 Å². The van der Waals surface area contributed by atoms with E-state index in [0.717, 1.165) is 24.8 Å². The topological polar surface area (TPSA) is 55.1 Å². The Balaban J connectivity index is 0.00000162. The third kappa shape index (κ3) is 3.03. The summed E-state index contributed by atoms with van der Waals surface area (Å²) in [6.07, 6.45) is 2.67. The number of carbonyl (C=O) groups is 1. The molecule has 0 heterocycles. The molecule has 2 rings (SSSR count). The van der Waals surface area contributed by atoms with E-state index < -0.39 is 5.54 Å². The Morgan fingerprint density at radius 3 is 2.33 bits per heavy atom. The van der Waals surface area contributed by atoms with Crippen LogP contribution in [0.25, 0.3) is 0 Å². The van der Waals surface area contributed by atoms with E-state index in [1.165, 1.54) is 5.56 Å². The van der Waals surface area contributed by atoms with E-state index in [9.17, 15) is 4.79 Å². The maximum atomic E-state index is 12.0. The summed E-state index contributed by atoms with van der Waals surface area (Å²) >= 11 is 0. The molecule has 3 nitrogen and oxygen atoms in total. The first kappa shape index (κ1) is 15.0. The number of aryl methyl sites for hydroxylation is 1. The lowest BCUT2D eigenvalue weighted by molar-refractivity contribution is -0.129. The Bertz CT molecular complexity index is 412. The van der Waals surface area contributed by atoms with Gasteiger partial charge in [-0.25, -0.2) is 0 Å². The molecule has 1 aliphatic rings. The van der Waals surface area contributed by atoms with Gasteiger partial charge in [0.2, 0.25) is 5.91 Å². The van der Waals surface area contributed by atoms with Crippen molar-refractivity contribution < 1.29 is 4.79 Å². The zero-order valence-corrected chi connectivity index (χ0v) is 11.7. The van der Waals surface area contributed by atoms with Crippen molar-refractivity contribution in [1.82, 2.24) is 5.32 Å². The van der Waals surface area contributed by atoms with Gasteiger partial charge in [-0.1, -0.05) is 29.8 Å². The number of benzene rings is 1. The molecule has 100 valence electrons. The van der Waals surface area contributed by atoms with Crippen LogP contribution in [0, 0.1) is 6.92 Å². The monoisotopic (exact) mass is 268 g/mol. The molecule has 0 radical (unpaired) electrons. The summed E-state index contributed by atoms with van der Waals surface area (Å²) in [6.45, 7) is 4.04. The second kappa shape index (κ2) is 5.72. The van der Waals surface area contributed by atoms with Gasteiger partial charge in [-0.2, -0.15) is 0 Å². The third-order valence-electron chi connectivity index (χ3n) is 3.62. The van der Waals surface area contributed by atoms with E-state index >= 15 is 0 Å². The van der Waals surface area contributed by atoms with Gasteiger partial charge in [0.25, 0.3) is 0 Å². The summed E-state index contributed by atoms with van der Waals surface area (Å²) in [5.74, 6) is -0.0168. The van der Waals surface area contributed by atoms with Crippen molar-refractivity contribution in [3.63, 3.8) is 0 Å². The second-order valence-electron chi connectivity index (χ2n) is 5.12. The van der Waals surface area contributed by atoms with Gasteiger partial charge in [-0.05, 0) is 38.7 Å². The number of carbonyl (C=O) groups excluding carboxylic acids is 1. The summed E-state index contributed by atoms with van der Waals surface area (Å²) in [4.78, 5) is 12.0. The Hall–Kier alpha value is -1.06. The predicted octanol–water partition coefficient (Wildman–Crippen LogP) is 2.48. The molecule has 0 bridgehead atoms. The van der Waals surface area contributed by atoms with Crippen LogP contribution in [0.5, 0.6) is 0 Å². The molecule has 0 saturated heterocycles. The van der Waals surface area contributed by atoms with Gasteiger partial charge >= 0.3 is 0 Å². The van der Waals surface area contributed by atoms with Crippen LogP contribution in [0.15, 0.2) is 24.3 Å². The summed E-state index contributed by atoms with van der Waals surface area (Å²) in [5, 5.41) is 2.99. The maximum absolute atomic E-state index is 12.0. The van der Waals surface area contributed by atoms with Crippen LogP contribution in [0.2, 0.25) is 0 Å². The van der Waals surface area contributed by atoms with Crippen LogP contribution in [-0.2, 0) is 4.79 Å². The molecule has 1 atom stereocenters. The minimum atomic E-state index is -0.612. The molecular formula is C14H21ClN2O. The summed E-state index contributed by atoms with van der Waals surface area (Å²) in [7, 11) is 0. The fourth-order valence-electron chi connectivity index (χ4n) is 2.06. The Morgan fingerprint density at radius 2 is 1.89 bits per heavy atom. The molecule has 1 unspecified atom stereocenters. The molecule has 1 aromatic carbocycles. The first-order chi connectivity index (χ1) is 8.01. The molecular weight excluding hydrogens is 248 g/mol.